The number of likely N-dealkylation sites (N-methyl/N-ethyl adjacent to an activating group) is 1. The third-order valence-electron chi connectivity index (χ3n) is 4.07. The highest BCUT2D eigenvalue weighted by Crippen LogP contribution is 2.21. The fourth-order valence-electron chi connectivity index (χ4n) is 2.58. The largest absolute Gasteiger partial charge is 0.374 e. The predicted molar refractivity (Wildman–Crippen MR) is 81.4 cm³/mol. The molecule has 0 bridgehead atoms. The molecule has 4 atom stereocenters. The molecule has 1 saturated carbocycles. The molecule has 0 spiro atoms. The van der Waals surface area contributed by atoms with E-state index < -0.39 is 6.17 Å². The average molecular weight is 287 g/mol. The number of rotatable bonds is 8. The third-order valence-corrected chi connectivity index (χ3v) is 4.07. The first-order chi connectivity index (χ1) is 9.43. The van der Waals surface area contributed by atoms with Crippen LogP contribution in [0.4, 0.5) is 4.39 Å². The van der Waals surface area contributed by atoms with Gasteiger partial charge in [-0.2, -0.15) is 0 Å². The first-order valence-corrected chi connectivity index (χ1v) is 7.53. The van der Waals surface area contributed by atoms with Gasteiger partial charge < -0.3 is 16.2 Å². The topological polar surface area (TPSA) is 64.5 Å². The maximum atomic E-state index is 13.0. The second-order valence-electron chi connectivity index (χ2n) is 5.98. The Morgan fingerprint density at radius 3 is 2.70 bits per heavy atom. The van der Waals surface area contributed by atoms with E-state index in [4.69, 9.17) is 16.2 Å². The quantitative estimate of drug-likeness (QED) is 0.663. The molecule has 0 aromatic carbocycles. The maximum absolute atomic E-state index is 13.0. The molecular formula is C15H30FN3O. The average Bonchev–Trinajstić information content (AvgIpc) is 2.41. The summed E-state index contributed by atoms with van der Waals surface area (Å²) in [5, 5.41) is 0. The maximum Gasteiger partial charge on any atom is 0.123 e. The molecule has 0 aromatic heterocycles. The van der Waals surface area contributed by atoms with Crippen LogP contribution in [0.2, 0.25) is 0 Å². The summed E-state index contributed by atoms with van der Waals surface area (Å²) in [6, 6.07) is 0.658. The van der Waals surface area contributed by atoms with Gasteiger partial charge in [-0.25, -0.2) is 4.39 Å². The van der Waals surface area contributed by atoms with Gasteiger partial charge in [0, 0.05) is 24.7 Å². The van der Waals surface area contributed by atoms with Gasteiger partial charge in [-0.05, 0) is 38.3 Å². The van der Waals surface area contributed by atoms with Crippen molar-refractivity contribution in [3.05, 3.63) is 12.2 Å². The number of hydrogen-bond acceptors (Lipinski definition) is 4. The van der Waals surface area contributed by atoms with Crippen LogP contribution >= 0.6 is 0 Å². The highest BCUT2D eigenvalue weighted by molar-refractivity contribution is 4.99. The number of halogens is 1. The minimum atomic E-state index is -0.877. The van der Waals surface area contributed by atoms with Crippen molar-refractivity contribution in [1.82, 2.24) is 4.90 Å². The number of ether oxygens (including phenoxy) is 1. The highest BCUT2D eigenvalue weighted by atomic mass is 19.1. The van der Waals surface area contributed by atoms with Crippen LogP contribution in [-0.4, -0.2) is 56.0 Å². The molecule has 0 amide bonds. The molecule has 4 nitrogen and oxygen atoms in total. The number of hydrogen-bond donors (Lipinski definition) is 2. The first-order valence-electron chi connectivity index (χ1n) is 7.53. The Morgan fingerprint density at radius 2 is 2.10 bits per heavy atom. The Morgan fingerprint density at radius 1 is 1.40 bits per heavy atom. The molecule has 3 unspecified atom stereocenters. The van der Waals surface area contributed by atoms with Crippen molar-refractivity contribution >= 4 is 0 Å². The van der Waals surface area contributed by atoms with E-state index in [2.05, 4.69) is 18.5 Å². The molecule has 5 heteroatoms. The van der Waals surface area contributed by atoms with Crippen LogP contribution in [0, 0.1) is 0 Å². The fourth-order valence-corrected chi connectivity index (χ4v) is 2.58. The van der Waals surface area contributed by atoms with E-state index in [1.54, 1.807) is 0 Å². The van der Waals surface area contributed by atoms with Crippen LogP contribution in [0.5, 0.6) is 0 Å². The summed E-state index contributed by atoms with van der Waals surface area (Å²) in [6.07, 6.45) is 2.58. The monoisotopic (exact) mass is 287 g/mol. The van der Waals surface area contributed by atoms with E-state index in [0.717, 1.165) is 31.4 Å². The van der Waals surface area contributed by atoms with E-state index in [1.165, 1.54) is 0 Å². The van der Waals surface area contributed by atoms with Crippen molar-refractivity contribution in [2.45, 2.75) is 56.9 Å². The van der Waals surface area contributed by atoms with Crippen LogP contribution in [0.1, 0.15) is 32.6 Å². The number of alkyl halides is 1. The molecular weight excluding hydrogens is 257 g/mol. The Balaban J connectivity index is 2.24. The molecule has 0 saturated heterocycles. The molecule has 0 aromatic rings. The molecule has 20 heavy (non-hydrogen) atoms. The van der Waals surface area contributed by atoms with Gasteiger partial charge in [0.15, 0.2) is 0 Å². The van der Waals surface area contributed by atoms with Crippen molar-refractivity contribution in [2.75, 3.05) is 26.8 Å². The van der Waals surface area contributed by atoms with Crippen molar-refractivity contribution in [3.63, 3.8) is 0 Å². The van der Waals surface area contributed by atoms with E-state index >= 15 is 0 Å². The first kappa shape index (κ1) is 17.6. The van der Waals surface area contributed by atoms with E-state index in [0.29, 0.717) is 19.1 Å². The predicted octanol–water partition coefficient (Wildman–Crippen LogP) is 1.45. The number of nitrogens with two attached hydrogens (primary N) is 2. The molecule has 1 aliphatic rings. The molecule has 4 N–H and O–H groups in total. The van der Waals surface area contributed by atoms with Gasteiger partial charge in [0.2, 0.25) is 0 Å². The lowest BCUT2D eigenvalue weighted by atomic mass is 9.87. The lowest BCUT2D eigenvalue weighted by Crippen LogP contribution is -2.51. The van der Waals surface area contributed by atoms with Gasteiger partial charge in [-0.3, -0.25) is 4.90 Å². The second-order valence-corrected chi connectivity index (χ2v) is 5.98. The van der Waals surface area contributed by atoms with E-state index in [9.17, 15) is 4.39 Å². The Hall–Kier alpha value is -0.490. The second kappa shape index (κ2) is 8.72. The summed E-state index contributed by atoms with van der Waals surface area (Å²) < 4.78 is 18.4. The third kappa shape index (κ3) is 5.87. The van der Waals surface area contributed by atoms with Gasteiger partial charge in [-0.1, -0.05) is 13.5 Å². The molecule has 0 aliphatic heterocycles. The zero-order valence-electron chi connectivity index (χ0n) is 12.9. The molecule has 0 radical (unpaired) electrons. The van der Waals surface area contributed by atoms with Crippen molar-refractivity contribution < 1.29 is 9.13 Å². The SMILES string of the molecule is C=C(COCC(F)CC)CN(C)C1CC[C@@H](N)C(N)C1. The van der Waals surface area contributed by atoms with Gasteiger partial charge in [0.1, 0.15) is 6.17 Å². The molecule has 1 rings (SSSR count). The normalized spacial score (nSPS) is 28.6. The van der Waals surface area contributed by atoms with Crippen molar-refractivity contribution in [2.24, 2.45) is 11.5 Å². The van der Waals surface area contributed by atoms with Crippen LogP contribution < -0.4 is 11.5 Å². The van der Waals surface area contributed by atoms with Crippen LogP contribution in [0.3, 0.4) is 0 Å². The van der Waals surface area contributed by atoms with Gasteiger partial charge in [-0.15, -0.1) is 0 Å². The van der Waals surface area contributed by atoms with Crippen molar-refractivity contribution in [3.8, 4) is 0 Å². The minimum absolute atomic E-state index is 0.0811. The molecule has 0 heterocycles. The summed E-state index contributed by atoms with van der Waals surface area (Å²) >= 11 is 0. The highest BCUT2D eigenvalue weighted by Gasteiger charge is 2.27. The van der Waals surface area contributed by atoms with Gasteiger partial charge >= 0.3 is 0 Å². The summed E-state index contributed by atoms with van der Waals surface area (Å²) in [5.41, 5.74) is 12.9. The van der Waals surface area contributed by atoms with Crippen LogP contribution in [-0.2, 0) is 4.74 Å². The lowest BCUT2D eigenvalue weighted by Gasteiger charge is -2.37. The fraction of sp³-hybridized carbons (Fsp3) is 0.867. The minimum Gasteiger partial charge on any atom is -0.374 e. The Kier molecular flexibility index (Phi) is 7.66. The Labute approximate surface area is 122 Å². The molecule has 1 fully saturated rings. The van der Waals surface area contributed by atoms with Crippen LogP contribution in [0.25, 0.3) is 0 Å². The van der Waals surface area contributed by atoms with E-state index in [1.807, 2.05) is 6.92 Å². The van der Waals surface area contributed by atoms with E-state index in [-0.39, 0.29) is 18.7 Å². The van der Waals surface area contributed by atoms with Crippen molar-refractivity contribution in [1.29, 1.82) is 0 Å². The molecule has 1 aliphatic carbocycles. The summed E-state index contributed by atoms with van der Waals surface area (Å²) in [5.74, 6) is 0. The summed E-state index contributed by atoms with van der Waals surface area (Å²) in [4.78, 5) is 2.25. The smallest absolute Gasteiger partial charge is 0.123 e. The zero-order chi connectivity index (χ0) is 15.1. The standard InChI is InChI=1S/C15H30FN3O/c1-4-12(16)10-20-9-11(2)8-19(3)13-5-6-14(17)15(18)7-13/h12-15H,2,4-10,17-18H2,1,3H3/t12?,13?,14-,15?/m1/s1. The zero-order valence-corrected chi connectivity index (χ0v) is 12.9. The molecule has 118 valence electrons. The number of nitrogens with zero attached hydrogens (tertiary/aromatic N) is 1. The van der Waals surface area contributed by atoms with Gasteiger partial charge in [0.25, 0.3) is 0 Å². The van der Waals surface area contributed by atoms with Gasteiger partial charge in [0.05, 0.1) is 13.2 Å². The summed E-state index contributed by atoms with van der Waals surface area (Å²) in [6.45, 7) is 7.15. The summed E-state index contributed by atoms with van der Waals surface area (Å²) in [7, 11) is 2.07. The van der Waals surface area contributed by atoms with Crippen LogP contribution in [0.15, 0.2) is 12.2 Å². The lowest BCUT2D eigenvalue weighted by molar-refractivity contribution is 0.0888. The Bertz CT molecular complexity index is 301.